The average Bonchev–Trinajstić information content (AvgIpc) is 2.61. The van der Waals surface area contributed by atoms with Crippen LogP contribution in [0.5, 0.6) is 0 Å². The second-order valence-electron chi connectivity index (χ2n) is 5.29. The maximum atomic E-state index is 4.85. The number of fused-ring (bicyclic) bond motifs is 1. The first kappa shape index (κ1) is 14.1. The Bertz CT molecular complexity index is 981. The first-order chi connectivity index (χ1) is 11.3. The summed E-state index contributed by atoms with van der Waals surface area (Å²) < 4.78 is 1.02. The molecule has 0 unspecified atom stereocenters. The fourth-order valence-electron chi connectivity index (χ4n) is 2.65. The number of benzene rings is 3. The predicted octanol–water partition coefficient (Wildman–Crippen LogP) is 5.73. The minimum atomic E-state index is 0.740. The Kier molecular flexibility index (Phi) is 3.64. The van der Waals surface area contributed by atoms with Crippen LogP contribution in [0.25, 0.3) is 33.5 Å². The lowest BCUT2D eigenvalue weighted by Crippen LogP contribution is -1.95. The zero-order valence-electron chi connectivity index (χ0n) is 12.3. The van der Waals surface area contributed by atoms with E-state index < -0.39 is 0 Å². The molecule has 0 spiro atoms. The molecule has 0 atom stereocenters. The number of hydrogen-bond acceptors (Lipinski definition) is 2. The minimum Gasteiger partial charge on any atom is -0.228 e. The maximum Gasteiger partial charge on any atom is 0.160 e. The molecule has 0 aliphatic heterocycles. The Hall–Kier alpha value is -2.52. The van der Waals surface area contributed by atoms with E-state index in [1.165, 1.54) is 0 Å². The smallest absolute Gasteiger partial charge is 0.160 e. The third-order valence-electron chi connectivity index (χ3n) is 3.73. The van der Waals surface area contributed by atoms with Crippen molar-refractivity contribution in [3.63, 3.8) is 0 Å². The van der Waals surface area contributed by atoms with Gasteiger partial charge in [-0.1, -0.05) is 76.6 Å². The molecule has 110 valence electrons. The summed E-state index contributed by atoms with van der Waals surface area (Å²) in [4.78, 5) is 9.59. The monoisotopic (exact) mass is 360 g/mol. The van der Waals surface area contributed by atoms with E-state index >= 15 is 0 Å². The highest BCUT2D eigenvalue weighted by Gasteiger charge is 2.10. The van der Waals surface area contributed by atoms with Gasteiger partial charge >= 0.3 is 0 Å². The van der Waals surface area contributed by atoms with Crippen LogP contribution in [0, 0.1) is 0 Å². The van der Waals surface area contributed by atoms with Gasteiger partial charge in [0.1, 0.15) is 0 Å². The Morgan fingerprint density at radius 1 is 0.652 bits per heavy atom. The van der Waals surface area contributed by atoms with Crippen LogP contribution in [-0.2, 0) is 0 Å². The van der Waals surface area contributed by atoms with Crippen molar-refractivity contribution in [3.8, 4) is 22.6 Å². The maximum absolute atomic E-state index is 4.85. The summed E-state index contributed by atoms with van der Waals surface area (Å²) in [6.45, 7) is 0. The molecule has 4 aromatic rings. The van der Waals surface area contributed by atoms with Gasteiger partial charge in [0, 0.05) is 21.0 Å². The molecule has 0 aliphatic carbocycles. The van der Waals surface area contributed by atoms with Crippen molar-refractivity contribution in [2.24, 2.45) is 0 Å². The van der Waals surface area contributed by atoms with Crippen molar-refractivity contribution in [2.75, 3.05) is 0 Å². The zero-order chi connectivity index (χ0) is 15.6. The molecule has 0 saturated heterocycles. The van der Waals surface area contributed by atoms with Gasteiger partial charge in [-0.2, -0.15) is 0 Å². The van der Waals surface area contributed by atoms with Crippen molar-refractivity contribution >= 4 is 26.8 Å². The Morgan fingerprint density at radius 2 is 1.39 bits per heavy atom. The van der Waals surface area contributed by atoms with Gasteiger partial charge in [-0.05, 0) is 18.2 Å². The summed E-state index contributed by atoms with van der Waals surface area (Å²) in [6.07, 6.45) is 0. The van der Waals surface area contributed by atoms with Gasteiger partial charge in [-0.3, -0.25) is 0 Å². The predicted molar refractivity (Wildman–Crippen MR) is 98.1 cm³/mol. The second-order valence-corrected chi connectivity index (χ2v) is 6.21. The van der Waals surface area contributed by atoms with Crippen LogP contribution < -0.4 is 0 Å². The number of rotatable bonds is 2. The summed E-state index contributed by atoms with van der Waals surface area (Å²) in [5.74, 6) is 0.740. The number of aromatic nitrogens is 2. The van der Waals surface area contributed by atoms with E-state index in [9.17, 15) is 0 Å². The highest BCUT2D eigenvalue weighted by atomic mass is 79.9. The van der Waals surface area contributed by atoms with Gasteiger partial charge < -0.3 is 0 Å². The van der Waals surface area contributed by atoms with E-state index in [1.807, 2.05) is 60.7 Å². The molecule has 0 saturated carbocycles. The fourth-order valence-corrected chi connectivity index (χ4v) is 3.05. The summed E-state index contributed by atoms with van der Waals surface area (Å²) in [7, 11) is 0. The topological polar surface area (TPSA) is 25.8 Å². The van der Waals surface area contributed by atoms with Gasteiger partial charge in [0.2, 0.25) is 0 Å². The minimum absolute atomic E-state index is 0.740. The van der Waals surface area contributed by atoms with Crippen LogP contribution in [0.3, 0.4) is 0 Å². The molecule has 0 radical (unpaired) electrons. The lowest BCUT2D eigenvalue weighted by molar-refractivity contribution is 1.23. The normalized spacial score (nSPS) is 10.8. The van der Waals surface area contributed by atoms with Gasteiger partial charge in [-0.15, -0.1) is 0 Å². The third kappa shape index (κ3) is 2.76. The number of nitrogens with zero attached hydrogens (tertiary/aromatic N) is 2. The summed E-state index contributed by atoms with van der Waals surface area (Å²) in [6, 6.07) is 26.5. The van der Waals surface area contributed by atoms with E-state index in [-0.39, 0.29) is 0 Å². The Balaban J connectivity index is 2.01. The van der Waals surface area contributed by atoms with E-state index in [0.717, 1.165) is 38.0 Å². The molecule has 0 bridgehead atoms. The highest BCUT2D eigenvalue weighted by Crippen LogP contribution is 2.29. The molecule has 1 aromatic heterocycles. The average molecular weight is 361 g/mol. The Labute approximate surface area is 143 Å². The highest BCUT2D eigenvalue weighted by molar-refractivity contribution is 9.10. The van der Waals surface area contributed by atoms with Crippen LogP contribution in [0.1, 0.15) is 0 Å². The first-order valence-corrected chi connectivity index (χ1v) is 8.19. The van der Waals surface area contributed by atoms with Crippen LogP contribution in [-0.4, -0.2) is 9.97 Å². The van der Waals surface area contributed by atoms with Crippen LogP contribution in [0.4, 0.5) is 0 Å². The number of hydrogen-bond donors (Lipinski definition) is 0. The second kappa shape index (κ2) is 5.94. The molecule has 0 aliphatic rings. The molecule has 2 nitrogen and oxygen atoms in total. The SMILES string of the molecule is Brc1cccc(-c2nc(-c3ccccc3)c3ccccc3n2)c1. The van der Waals surface area contributed by atoms with Gasteiger partial charge in [-0.25, -0.2) is 9.97 Å². The molecule has 4 rings (SSSR count). The number of halogens is 1. The van der Waals surface area contributed by atoms with Crippen LogP contribution >= 0.6 is 15.9 Å². The van der Waals surface area contributed by atoms with Gasteiger partial charge in [0.15, 0.2) is 5.82 Å². The van der Waals surface area contributed by atoms with E-state index in [4.69, 9.17) is 9.97 Å². The van der Waals surface area contributed by atoms with Crippen molar-refractivity contribution in [1.82, 2.24) is 9.97 Å². The van der Waals surface area contributed by atoms with E-state index in [2.05, 4.69) is 34.1 Å². The molecule has 0 N–H and O–H groups in total. The van der Waals surface area contributed by atoms with E-state index in [0.29, 0.717) is 0 Å². The van der Waals surface area contributed by atoms with Gasteiger partial charge in [0.05, 0.1) is 11.2 Å². The fraction of sp³-hybridized carbons (Fsp3) is 0. The molecule has 1 heterocycles. The third-order valence-corrected chi connectivity index (χ3v) is 4.23. The quantitative estimate of drug-likeness (QED) is 0.456. The van der Waals surface area contributed by atoms with Crippen molar-refractivity contribution < 1.29 is 0 Å². The van der Waals surface area contributed by atoms with Crippen molar-refractivity contribution in [1.29, 1.82) is 0 Å². The van der Waals surface area contributed by atoms with Gasteiger partial charge in [0.25, 0.3) is 0 Å². The molecule has 0 fully saturated rings. The molecule has 23 heavy (non-hydrogen) atoms. The largest absolute Gasteiger partial charge is 0.228 e. The summed E-state index contributed by atoms with van der Waals surface area (Å²) >= 11 is 3.52. The lowest BCUT2D eigenvalue weighted by Gasteiger charge is -2.09. The van der Waals surface area contributed by atoms with E-state index in [1.54, 1.807) is 0 Å². The van der Waals surface area contributed by atoms with Crippen molar-refractivity contribution in [2.45, 2.75) is 0 Å². The first-order valence-electron chi connectivity index (χ1n) is 7.39. The summed E-state index contributed by atoms with van der Waals surface area (Å²) in [5.41, 5.74) is 4.02. The lowest BCUT2D eigenvalue weighted by atomic mass is 10.1. The van der Waals surface area contributed by atoms with Crippen LogP contribution in [0.2, 0.25) is 0 Å². The van der Waals surface area contributed by atoms with Crippen molar-refractivity contribution in [3.05, 3.63) is 83.3 Å². The van der Waals surface area contributed by atoms with Crippen LogP contribution in [0.15, 0.2) is 83.3 Å². The Morgan fingerprint density at radius 3 is 2.22 bits per heavy atom. The molecule has 0 amide bonds. The standard InChI is InChI=1S/C20H13BrN2/c21-16-10-6-9-15(13-16)20-22-18-12-5-4-11-17(18)19(23-20)14-7-2-1-3-8-14/h1-13H. The molecule has 3 aromatic carbocycles. The molecular weight excluding hydrogens is 348 g/mol. The molecule has 3 heteroatoms. The molecular formula is C20H13BrN2. The number of para-hydroxylation sites is 1. The summed E-state index contributed by atoms with van der Waals surface area (Å²) in [5, 5.41) is 1.07. The zero-order valence-corrected chi connectivity index (χ0v) is 13.9.